The van der Waals surface area contributed by atoms with Crippen LogP contribution in [0.25, 0.3) is 0 Å². The predicted octanol–water partition coefficient (Wildman–Crippen LogP) is 4.17. The fourth-order valence-corrected chi connectivity index (χ4v) is 2.92. The summed E-state index contributed by atoms with van der Waals surface area (Å²) in [6.07, 6.45) is -0.227. The van der Waals surface area contributed by atoms with Crippen molar-refractivity contribution >= 4 is 40.4 Å². The van der Waals surface area contributed by atoms with E-state index in [1.54, 1.807) is 30.7 Å². The largest absolute Gasteiger partial charge is 0.375 e. The summed E-state index contributed by atoms with van der Waals surface area (Å²) >= 11 is 13.1. The molecular formula is C14H13Cl2NO2S. The molecule has 1 atom stereocenters. The zero-order valence-electron chi connectivity index (χ0n) is 10.7. The van der Waals surface area contributed by atoms with Crippen molar-refractivity contribution < 1.29 is 9.53 Å². The van der Waals surface area contributed by atoms with Crippen LogP contribution < -0.4 is 5.32 Å². The van der Waals surface area contributed by atoms with Gasteiger partial charge < -0.3 is 10.1 Å². The van der Waals surface area contributed by atoms with E-state index in [-0.39, 0.29) is 12.0 Å². The smallest absolute Gasteiger partial charge is 0.262 e. The lowest BCUT2D eigenvalue weighted by molar-refractivity contribution is 0.0831. The fraction of sp³-hybridized carbons (Fsp3) is 0.214. The lowest BCUT2D eigenvalue weighted by Gasteiger charge is -2.16. The highest BCUT2D eigenvalue weighted by Gasteiger charge is 2.15. The number of hydrogen-bond donors (Lipinski definition) is 1. The average molecular weight is 330 g/mol. The number of methoxy groups -OCH3 is 1. The minimum Gasteiger partial charge on any atom is -0.375 e. The van der Waals surface area contributed by atoms with E-state index in [2.05, 4.69) is 5.32 Å². The van der Waals surface area contributed by atoms with E-state index >= 15 is 0 Å². The number of rotatable bonds is 5. The number of halogens is 2. The summed E-state index contributed by atoms with van der Waals surface area (Å²) in [5.41, 5.74) is 0.953. The van der Waals surface area contributed by atoms with Crippen LogP contribution in [0, 0.1) is 0 Å². The van der Waals surface area contributed by atoms with Crippen LogP contribution in [-0.2, 0) is 4.74 Å². The molecule has 2 rings (SSSR count). The van der Waals surface area contributed by atoms with Gasteiger partial charge in [-0.2, -0.15) is 0 Å². The first kappa shape index (κ1) is 15.3. The second-order valence-corrected chi connectivity index (χ2v) is 5.84. The van der Waals surface area contributed by atoms with Crippen molar-refractivity contribution in [2.75, 3.05) is 13.7 Å². The molecule has 0 fully saturated rings. The maximum Gasteiger partial charge on any atom is 0.262 e. The Morgan fingerprint density at radius 1 is 1.30 bits per heavy atom. The molecule has 0 aliphatic carbocycles. The third-order valence-electron chi connectivity index (χ3n) is 2.80. The summed E-state index contributed by atoms with van der Waals surface area (Å²) in [5, 5.41) is 5.73. The molecule has 0 saturated heterocycles. The summed E-state index contributed by atoms with van der Waals surface area (Å²) in [7, 11) is 1.60. The topological polar surface area (TPSA) is 38.3 Å². The van der Waals surface area contributed by atoms with Gasteiger partial charge in [-0.05, 0) is 29.1 Å². The highest BCUT2D eigenvalue weighted by Crippen LogP contribution is 2.22. The van der Waals surface area contributed by atoms with Gasteiger partial charge in [-0.15, -0.1) is 11.3 Å². The molecular weight excluding hydrogens is 317 g/mol. The van der Waals surface area contributed by atoms with Gasteiger partial charge in [0.2, 0.25) is 0 Å². The minimum absolute atomic E-state index is 0.194. The van der Waals surface area contributed by atoms with E-state index in [0.29, 0.717) is 21.5 Å². The molecule has 106 valence electrons. The van der Waals surface area contributed by atoms with Crippen molar-refractivity contribution in [3.63, 3.8) is 0 Å². The maximum atomic E-state index is 12.0. The Morgan fingerprint density at radius 3 is 2.55 bits per heavy atom. The van der Waals surface area contributed by atoms with Gasteiger partial charge in [0.15, 0.2) is 0 Å². The van der Waals surface area contributed by atoms with E-state index in [1.807, 2.05) is 12.1 Å². The molecule has 0 aliphatic rings. The third kappa shape index (κ3) is 3.73. The van der Waals surface area contributed by atoms with E-state index in [4.69, 9.17) is 27.9 Å². The van der Waals surface area contributed by atoms with Gasteiger partial charge in [0.1, 0.15) is 4.88 Å². The van der Waals surface area contributed by atoms with Crippen LogP contribution in [0.2, 0.25) is 10.0 Å². The summed E-state index contributed by atoms with van der Waals surface area (Å²) in [6, 6.07) is 9.04. The number of benzene rings is 1. The molecule has 1 N–H and O–H groups in total. The molecule has 0 radical (unpaired) electrons. The molecule has 1 amide bonds. The number of thiophene rings is 1. The second kappa shape index (κ2) is 7.09. The number of ether oxygens (including phenoxy) is 1. The first-order valence-electron chi connectivity index (χ1n) is 5.91. The van der Waals surface area contributed by atoms with Gasteiger partial charge in [-0.1, -0.05) is 35.3 Å². The third-order valence-corrected chi connectivity index (χ3v) is 4.39. The molecule has 0 bridgehead atoms. The number of nitrogens with one attached hydrogen (secondary N) is 1. The first-order valence-corrected chi connectivity index (χ1v) is 7.55. The quantitative estimate of drug-likeness (QED) is 0.893. The van der Waals surface area contributed by atoms with Crippen molar-refractivity contribution in [1.82, 2.24) is 5.32 Å². The van der Waals surface area contributed by atoms with Crippen molar-refractivity contribution in [2.24, 2.45) is 0 Å². The van der Waals surface area contributed by atoms with E-state index < -0.39 is 0 Å². The Balaban J connectivity index is 1.99. The average Bonchev–Trinajstić information content (AvgIpc) is 2.87. The van der Waals surface area contributed by atoms with Crippen molar-refractivity contribution in [2.45, 2.75) is 6.10 Å². The minimum atomic E-state index is -0.227. The summed E-state index contributed by atoms with van der Waals surface area (Å²) in [5.74, 6) is -0.194. The van der Waals surface area contributed by atoms with Crippen LogP contribution in [0.1, 0.15) is 21.3 Å². The zero-order valence-corrected chi connectivity index (χ0v) is 13.1. The lowest BCUT2D eigenvalue weighted by Crippen LogP contribution is -2.28. The van der Waals surface area contributed by atoms with Crippen LogP contribution in [0.15, 0.2) is 35.7 Å². The van der Waals surface area contributed by atoms with Gasteiger partial charge in [-0.25, -0.2) is 0 Å². The molecule has 20 heavy (non-hydrogen) atoms. The Hall–Kier alpha value is -1.07. The highest BCUT2D eigenvalue weighted by atomic mass is 35.5. The summed E-state index contributed by atoms with van der Waals surface area (Å²) in [6.45, 7) is 0.366. The number of hydrogen-bond acceptors (Lipinski definition) is 3. The van der Waals surface area contributed by atoms with Gasteiger partial charge in [0.05, 0.1) is 11.1 Å². The van der Waals surface area contributed by atoms with Crippen molar-refractivity contribution in [3.05, 3.63) is 56.2 Å². The molecule has 0 spiro atoms. The Bertz CT molecular complexity index is 583. The van der Waals surface area contributed by atoms with Crippen LogP contribution in [0.4, 0.5) is 0 Å². The molecule has 0 unspecified atom stereocenters. The van der Waals surface area contributed by atoms with E-state index in [1.165, 1.54) is 11.3 Å². The lowest BCUT2D eigenvalue weighted by atomic mass is 10.1. The standard InChI is InChI=1S/C14H13Cl2NO2S/c1-19-12(9-2-4-10(15)5-3-9)8-17-14(18)13-11(16)6-7-20-13/h2-7,12H,8H2,1H3,(H,17,18)/t12-/m1/s1. The van der Waals surface area contributed by atoms with Gasteiger partial charge in [-0.3, -0.25) is 4.79 Å². The second-order valence-electron chi connectivity index (χ2n) is 4.08. The normalized spacial score (nSPS) is 12.2. The number of carbonyl (C=O) groups excluding carboxylic acids is 1. The summed E-state index contributed by atoms with van der Waals surface area (Å²) in [4.78, 5) is 12.5. The van der Waals surface area contributed by atoms with Crippen LogP contribution in [0.5, 0.6) is 0 Å². The molecule has 0 saturated carbocycles. The van der Waals surface area contributed by atoms with Crippen molar-refractivity contribution in [3.8, 4) is 0 Å². The number of carbonyl (C=O) groups is 1. The fourth-order valence-electron chi connectivity index (χ4n) is 1.74. The summed E-state index contributed by atoms with van der Waals surface area (Å²) < 4.78 is 5.39. The SMILES string of the molecule is CO[C@H](CNC(=O)c1sccc1Cl)c1ccc(Cl)cc1. The Kier molecular flexibility index (Phi) is 5.43. The van der Waals surface area contributed by atoms with E-state index in [0.717, 1.165) is 5.56 Å². The number of amides is 1. The van der Waals surface area contributed by atoms with Crippen LogP contribution >= 0.6 is 34.5 Å². The molecule has 1 aromatic heterocycles. The van der Waals surface area contributed by atoms with Crippen LogP contribution in [-0.4, -0.2) is 19.6 Å². The van der Waals surface area contributed by atoms with E-state index in [9.17, 15) is 4.79 Å². The molecule has 0 aliphatic heterocycles. The monoisotopic (exact) mass is 329 g/mol. The van der Waals surface area contributed by atoms with Gasteiger partial charge >= 0.3 is 0 Å². The molecule has 3 nitrogen and oxygen atoms in total. The molecule has 6 heteroatoms. The molecule has 2 aromatic rings. The Morgan fingerprint density at radius 2 is 2.00 bits per heavy atom. The Labute approximate surface area is 131 Å². The maximum absolute atomic E-state index is 12.0. The van der Waals surface area contributed by atoms with Gasteiger partial charge in [0.25, 0.3) is 5.91 Å². The van der Waals surface area contributed by atoms with Crippen LogP contribution in [0.3, 0.4) is 0 Å². The zero-order chi connectivity index (χ0) is 14.5. The highest BCUT2D eigenvalue weighted by molar-refractivity contribution is 7.12. The predicted molar refractivity (Wildman–Crippen MR) is 82.9 cm³/mol. The van der Waals surface area contributed by atoms with Gasteiger partial charge in [0, 0.05) is 18.7 Å². The molecule has 1 aromatic carbocycles. The molecule has 1 heterocycles. The first-order chi connectivity index (χ1) is 9.61. The van der Waals surface area contributed by atoms with Crippen molar-refractivity contribution in [1.29, 1.82) is 0 Å².